The van der Waals surface area contributed by atoms with Crippen LogP contribution >= 0.6 is 15.9 Å². The lowest BCUT2D eigenvalue weighted by Gasteiger charge is -2.27. The molecule has 0 aliphatic carbocycles. The van der Waals surface area contributed by atoms with Gasteiger partial charge in [0.15, 0.2) is 0 Å². The smallest absolute Gasteiger partial charge is 0.254 e. The molecule has 2 heterocycles. The van der Waals surface area contributed by atoms with Crippen LogP contribution in [0.25, 0.3) is 10.9 Å². The number of anilines is 1. The summed E-state index contributed by atoms with van der Waals surface area (Å²) in [4.78, 5) is 14.9. The number of hydrogen-bond acceptors (Lipinski definition) is 1. The van der Waals surface area contributed by atoms with Gasteiger partial charge in [0.2, 0.25) is 0 Å². The van der Waals surface area contributed by atoms with Gasteiger partial charge in [0.05, 0.1) is 6.04 Å². The Hall–Kier alpha value is -2.33. The summed E-state index contributed by atoms with van der Waals surface area (Å²) in [5.74, 6) is 0.0773. The fraction of sp³-hybridized carbons (Fsp3) is 0.190. The molecule has 0 saturated heterocycles. The molecule has 0 fully saturated rings. The molecule has 126 valence electrons. The van der Waals surface area contributed by atoms with Crippen molar-refractivity contribution in [2.24, 2.45) is 7.05 Å². The highest BCUT2D eigenvalue weighted by Gasteiger charge is 2.38. The molecule has 3 nitrogen and oxygen atoms in total. The second-order valence-corrected chi connectivity index (χ2v) is 7.49. The molecule has 25 heavy (non-hydrogen) atoms. The van der Waals surface area contributed by atoms with Crippen molar-refractivity contribution in [1.29, 1.82) is 0 Å². The quantitative estimate of drug-likeness (QED) is 0.573. The van der Waals surface area contributed by atoms with E-state index in [1.807, 2.05) is 42.2 Å². The van der Waals surface area contributed by atoms with Gasteiger partial charge >= 0.3 is 0 Å². The Morgan fingerprint density at radius 2 is 1.80 bits per heavy atom. The molecular weight excluding hydrogens is 376 g/mol. The molecule has 1 unspecified atom stereocenters. The van der Waals surface area contributed by atoms with E-state index in [0.29, 0.717) is 0 Å². The maximum absolute atomic E-state index is 13.0. The van der Waals surface area contributed by atoms with Gasteiger partial charge in [-0.05, 0) is 43.7 Å². The third kappa shape index (κ3) is 2.44. The summed E-state index contributed by atoms with van der Waals surface area (Å²) in [6.45, 7) is 3.99. The van der Waals surface area contributed by atoms with Crippen LogP contribution in [0.1, 0.15) is 25.5 Å². The number of benzene rings is 2. The fourth-order valence-electron chi connectivity index (χ4n) is 3.72. The van der Waals surface area contributed by atoms with E-state index in [-0.39, 0.29) is 11.9 Å². The number of halogens is 1. The molecule has 1 aliphatic heterocycles. The van der Waals surface area contributed by atoms with Crippen LogP contribution < -0.4 is 4.90 Å². The lowest BCUT2D eigenvalue weighted by atomic mass is 9.98. The molecule has 1 aliphatic rings. The number of aromatic nitrogens is 1. The Bertz CT molecular complexity index is 1030. The van der Waals surface area contributed by atoms with Crippen molar-refractivity contribution in [3.05, 3.63) is 75.9 Å². The molecule has 1 amide bonds. The van der Waals surface area contributed by atoms with Crippen molar-refractivity contribution in [3.8, 4) is 0 Å². The van der Waals surface area contributed by atoms with Crippen molar-refractivity contribution < 1.29 is 4.79 Å². The fourth-order valence-corrected chi connectivity index (χ4v) is 4.11. The number of rotatable bonds is 2. The van der Waals surface area contributed by atoms with Gasteiger partial charge in [0.1, 0.15) is 0 Å². The van der Waals surface area contributed by atoms with Gasteiger partial charge in [-0.15, -0.1) is 0 Å². The van der Waals surface area contributed by atoms with Crippen molar-refractivity contribution in [3.63, 3.8) is 0 Å². The van der Waals surface area contributed by atoms with Crippen LogP contribution in [0.4, 0.5) is 5.69 Å². The van der Waals surface area contributed by atoms with E-state index in [1.54, 1.807) is 0 Å². The minimum Gasteiger partial charge on any atom is -0.350 e. The van der Waals surface area contributed by atoms with Crippen LogP contribution in [-0.4, -0.2) is 10.5 Å². The van der Waals surface area contributed by atoms with E-state index < -0.39 is 0 Å². The third-order valence-electron chi connectivity index (χ3n) is 5.11. The molecule has 3 aromatic rings. The second-order valence-electron chi connectivity index (χ2n) is 6.58. The van der Waals surface area contributed by atoms with Crippen molar-refractivity contribution >= 4 is 38.4 Å². The predicted octanol–water partition coefficient (Wildman–Crippen LogP) is 5.37. The van der Waals surface area contributed by atoms with Gasteiger partial charge in [0.25, 0.3) is 5.91 Å². The molecule has 0 saturated carbocycles. The second kappa shape index (κ2) is 5.88. The number of aryl methyl sites for hydroxylation is 1. The average molecular weight is 395 g/mol. The summed E-state index contributed by atoms with van der Waals surface area (Å²) in [6.07, 6.45) is 2.15. The maximum atomic E-state index is 13.0. The first-order valence-corrected chi connectivity index (χ1v) is 9.09. The van der Waals surface area contributed by atoms with Gasteiger partial charge in [-0.25, -0.2) is 0 Å². The zero-order valence-electron chi connectivity index (χ0n) is 14.5. The SMILES string of the molecule is CC1=C(C)C(c2cn(C)c3ccccc23)N(c2cccc(Br)c2)C1=O. The number of fused-ring (bicyclic) bond motifs is 1. The van der Waals surface area contributed by atoms with Crippen LogP contribution in [0.2, 0.25) is 0 Å². The molecule has 1 atom stereocenters. The molecule has 4 heteroatoms. The van der Waals surface area contributed by atoms with Crippen LogP contribution in [0.15, 0.2) is 70.3 Å². The highest BCUT2D eigenvalue weighted by molar-refractivity contribution is 9.10. The third-order valence-corrected chi connectivity index (χ3v) is 5.60. The number of para-hydroxylation sites is 1. The summed E-state index contributed by atoms with van der Waals surface area (Å²) in [5, 5.41) is 1.19. The molecular formula is C21H19BrN2O. The van der Waals surface area contributed by atoms with Crippen LogP contribution in [0, 0.1) is 0 Å². The highest BCUT2D eigenvalue weighted by Crippen LogP contribution is 2.43. The summed E-state index contributed by atoms with van der Waals surface area (Å²) in [5.41, 5.74) is 5.20. The topological polar surface area (TPSA) is 25.2 Å². The number of hydrogen-bond donors (Lipinski definition) is 0. The van der Waals surface area contributed by atoms with Crippen LogP contribution in [0.3, 0.4) is 0 Å². The number of carbonyl (C=O) groups excluding carboxylic acids is 1. The van der Waals surface area contributed by atoms with E-state index in [0.717, 1.165) is 21.3 Å². The van der Waals surface area contributed by atoms with E-state index in [2.05, 4.69) is 58.9 Å². The number of amides is 1. The van der Waals surface area contributed by atoms with Gasteiger partial charge in [0, 0.05) is 45.4 Å². The lowest BCUT2D eigenvalue weighted by molar-refractivity contribution is -0.114. The number of carbonyl (C=O) groups is 1. The normalized spacial score (nSPS) is 17.8. The van der Waals surface area contributed by atoms with Gasteiger partial charge in [-0.3, -0.25) is 9.69 Å². The Labute approximate surface area is 155 Å². The van der Waals surface area contributed by atoms with Crippen LogP contribution in [-0.2, 0) is 11.8 Å². The van der Waals surface area contributed by atoms with E-state index in [1.165, 1.54) is 16.5 Å². The van der Waals surface area contributed by atoms with E-state index in [4.69, 9.17) is 0 Å². The Balaban J connectivity index is 1.94. The van der Waals surface area contributed by atoms with E-state index in [9.17, 15) is 4.79 Å². The first kappa shape index (κ1) is 16.2. The summed E-state index contributed by atoms with van der Waals surface area (Å²) < 4.78 is 3.10. The van der Waals surface area contributed by atoms with Gasteiger partial charge in [-0.1, -0.05) is 40.2 Å². The van der Waals surface area contributed by atoms with Crippen molar-refractivity contribution in [2.75, 3.05) is 4.90 Å². The Morgan fingerprint density at radius 1 is 1.04 bits per heavy atom. The molecule has 0 bridgehead atoms. The summed E-state index contributed by atoms with van der Waals surface area (Å²) in [6, 6.07) is 16.2. The number of nitrogens with zero attached hydrogens (tertiary/aromatic N) is 2. The summed E-state index contributed by atoms with van der Waals surface area (Å²) in [7, 11) is 2.05. The first-order valence-electron chi connectivity index (χ1n) is 8.29. The standard InChI is InChI=1S/C21H19BrN2O/c1-13-14(2)21(25)24(16-8-6-7-15(22)11-16)20(13)18-12-23(3)19-10-5-4-9-17(18)19/h4-12,20H,1-3H3. The summed E-state index contributed by atoms with van der Waals surface area (Å²) >= 11 is 3.52. The van der Waals surface area contributed by atoms with E-state index >= 15 is 0 Å². The largest absolute Gasteiger partial charge is 0.350 e. The molecule has 1 aromatic heterocycles. The average Bonchev–Trinajstić information content (AvgIpc) is 3.05. The predicted molar refractivity (Wildman–Crippen MR) is 106 cm³/mol. The minimum atomic E-state index is -0.0760. The Morgan fingerprint density at radius 3 is 2.56 bits per heavy atom. The maximum Gasteiger partial charge on any atom is 0.254 e. The molecule has 2 aromatic carbocycles. The van der Waals surface area contributed by atoms with Crippen molar-refractivity contribution in [2.45, 2.75) is 19.9 Å². The molecule has 0 radical (unpaired) electrons. The van der Waals surface area contributed by atoms with Gasteiger partial charge < -0.3 is 4.57 Å². The zero-order valence-corrected chi connectivity index (χ0v) is 16.0. The van der Waals surface area contributed by atoms with Gasteiger partial charge in [-0.2, -0.15) is 0 Å². The monoisotopic (exact) mass is 394 g/mol. The molecule has 4 rings (SSSR count). The van der Waals surface area contributed by atoms with Crippen LogP contribution in [0.5, 0.6) is 0 Å². The minimum absolute atomic E-state index is 0.0760. The lowest BCUT2D eigenvalue weighted by Crippen LogP contribution is -2.29. The molecule has 0 N–H and O–H groups in total. The van der Waals surface area contributed by atoms with Crippen molar-refractivity contribution in [1.82, 2.24) is 4.57 Å². The molecule has 0 spiro atoms. The Kier molecular flexibility index (Phi) is 3.80. The highest BCUT2D eigenvalue weighted by atomic mass is 79.9. The zero-order chi connectivity index (χ0) is 17.7. The first-order chi connectivity index (χ1) is 12.0.